The predicted octanol–water partition coefficient (Wildman–Crippen LogP) is 4.13. The Morgan fingerprint density at radius 2 is 1.88 bits per heavy atom. The fourth-order valence-corrected chi connectivity index (χ4v) is 4.00. The van der Waals surface area contributed by atoms with Crippen LogP contribution >= 0.6 is 11.6 Å². The summed E-state index contributed by atoms with van der Waals surface area (Å²) in [4.78, 5) is 30.9. The van der Waals surface area contributed by atoms with Crippen molar-refractivity contribution in [2.45, 2.75) is 47.5 Å². The highest BCUT2D eigenvalue weighted by atomic mass is 35.5. The van der Waals surface area contributed by atoms with Crippen molar-refractivity contribution < 1.29 is 14.3 Å². The molecule has 33 heavy (non-hydrogen) atoms. The SMILES string of the molecule is CCN(CC)C(=O)COc1ccc(NC(=O)CCc2c(C)nc3cc(C)nn3c2C)cc1Cl. The fraction of sp³-hybridized carbons (Fsp3) is 0.417. The molecule has 0 radical (unpaired) electrons. The molecule has 9 heteroatoms. The van der Waals surface area contributed by atoms with Gasteiger partial charge in [-0.15, -0.1) is 0 Å². The number of hydrogen-bond donors (Lipinski definition) is 1. The molecular weight excluding hydrogens is 442 g/mol. The van der Waals surface area contributed by atoms with Crippen molar-refractivity contribution in [2.75, 3.05) is 25.0 Å². The average Bonchev–Trinajstić information content (AvgIpc) is 3.14. The number of carbonyl (C=O) groups is 2. The molecule has 1 N–H and O–H groups in total. The monoisotopic (exact) mass is 471 g/mol. The molecule has 8 nitrogen and oxygen atoms in total. The predicted molar refractivity (Wildman–Crippen MR) is 129 cm³/mol. The summed E-state index contributed by atoms with van der Waals surface area (Å²) in [5, 5.41) is 7.67. The quantitative estimate of drug-likeness (QED) is 0.507. The molecule has 0 bridgehead atoms. The van der Waals surface area contributed by atoms with Crippen molar-refractivity contribution in [3.05, 3.63) is 51.9 Å². The first-order valence-electron chi connectivity index (χ1n) is 11.1. The molecule has 0 aliphatic carbocycles. The van der Waals surface area contributed by atoms with Crippen molar-refractivity contribution in [1.82, 2.24) is 19.5 Å². The Bertz CT molecular complexity index is 1170. The van der Waals surface area contributed by atoms with Crippen molar-refractivity contribution in [2.24, 2.45) is 0 Å². The third-order valence-corrected chi connectivity index (χ3v) is 5.87. The number of rotatable bonds is 9. The number of benzene rings is 1. The van der Waals surface area contributed by atoms with Crippen LogP contribution in [-0.2, 0) is 16.0 Å². The van der Waals surface area contributed by atoms with E-state index >= 15 is 0 Å². The number of anilines is 1. The van der Waals surface area contributed by atoms with E-state index in [4.69, 9.17) is 16.3 Å². The van der Waals surface area contributed by atoms with Crippen LogP contribution in [0, 0.1) is 20.8 Å². The summed E-state index contributed by atoms with van der Waals surface area (Å²) >= 11 is 6.30. The zero-order valence-corrected chi connectivity index (χ0v) is 20.5. The van der Waals surface area contributed by atoms with Crippen LogP contribution in [0.25, 0.3) is 5.65 Å². The standard InChI is InChI=1S/C24H30ClN5O3/c1-6-29(7-2)24(32)14-33-21-10-8-18(13-20(21)25)27-23(31)11-9-19-16(4)26-22-12-15(3)28-30(22)17(19)5/h8,10,12-13H,6-7,9,11,14H2,1-5H3,(H,27,31). The second-order valence-electron chi connectivity index (χ2n) is 7.86. The van der Waals surface area contributed by atoms with Crippen molar-refractivity contribution in [3.63, 3.8) is 0 Å². The maximum absolute atomic E-state index is 12.5. The first kappa shape index (κ1) is 24.5. The van der Waals surface area contributed by atoms with Crippen LogP contribution in [0.15, 0.2) is 24.3 Å². The second kappa shape index (κ2) is 10.7. The molecule has 0 atom stereocenters. The molecule has 0 aliphatic heterocycles. The van der Waals surface area contributed by atoms with Crippen molar-refractivity contribution in [1.29, 1.82) is 0 Å². The molecule has 0 spiro atoms. The molecule has 1 aromatic carbocycles. The lowest BCUT2D eigenvalue weighted by Gasteiger charge is -2.19. The number of halogens is 1. The van der Waals surface area contributed by atoms with Gasteiger partial charge >= 0.3 is 0 Å². The van der Waals surface area contributed by atoms with E-state index in [0.29, 0.717) is 42.4 Å². The highest BCUT2D eigenvalue weighted by Gasteiger charge is 2.14. The number of nitrogens with zero attached hydrogens (tertiary/aromatic N) is 4. The lowest BCUT2D eigenvalue weighted by Crippen LogP contribution is -2.34. The van der Waals surface area contributed by atoms with Crippen LogP contribution in [0.5, 0.6) is 5.75 Å². The Balaban J connectivity index is 1.59. The van der Waals surface area contributed by atoms with E-state index in [-0.39, 0.29) is 18.4 Å². The molecule has 0 saturated carbocycles. The number of ether oxygens (including phenoxy) is 1. The van der Waals surface area contributed by atoms with Crippen LogP contribution < -0.4 is 10.1 Å². The van der Waals surface area contributed by atoms with E-state index < -0.39 is 0 Å². The van der Waals surface area contributed by atoms with Crippen LogP contribution in [0.1, 0.15) is 42.9 Å². The van der Waals surface area contributed by atoms with E-state index in [1.165, 1.54) is 0 Å². The molecule has 2 heterocycles. The molecule has 2 amide bonds. The van der Waals surface area contributed by atoms with E-state index in [1.807, 2.05) is 45.2 Å². The Morgan fingerprint density at radius 1 is 1.15 bits per heavy atom. The molecule has 0 unspecified atom stereocenters. The largest absolute Gasteiger partial charge is 0.482 e. The van der Waals surface area contributed by atoms with Gasteiger partial charge in [-0.2, -0.15) is 5.10 Å². The molecule has 0 fully saturated rings. The number of aryl methyl sites for hydroxylation is 3. The van der Waals surface area contributed by atoms with Crippen molar-refractivity contribution >= 4 is 34.7 Å². The number of likely N-dealkylation sites (N-methyl/N-ethyl adjacent to an activating group) is 1. The normalized spacial score (nSPS) is 11.0. The maximum atomic E-state index is 12.5. The first-order chi connectivity index (χ1) is 15.7. The van der Waals surface area contributed by atoms with Gasteiger partial charge in [0.2, 0.25) is 5.91 Å². The van der Waals surface area contributed by atoms with E-state index in [2.05, 4.69) is 15.4 Å². The minimum absolute atomic E-state index is 0.0834. The summed E-state index contributed by atoms with van der Waals surface area (Å²) < 4.78 is 7.38. The van der Waals surface area contributed by atoms with Gasteiger partial charge in [0, 0.05) is 42.7 Å². The minimum Gasteiger partial charge on any atom is -0.482 e. The smallest absolute Gasteiger partial charge is 0.260 e. The van der Waals surface area contributed by atoms with Crippen molar-refractivity contribution in [3.8, 4) is 5.75 Å². The Hall–Kier alpha value is -3.13. The fourth-order valence-electron chi connectivity index (χ4n) is 3.77. The average molecular weight is 472 g/mol. The second-order valence-corrected chi connectivity index (χ2v) is 8.27. The Morgan fingerprint density at radius 3 is 2.55 bits per heavy atom. The maximum Gasteiger partial charge on any atom is 0.260 e. The first-order valence-corrected chi connectivity index (χ1v) is 11.4. The number of nitrogens with one attached hydrogen (secondary N) is 1. The van der Waals surface area contributed by atoms with Gasteiger partial charge in [0.15, 0.2) is 12.3 Å². The molecule has 3 aromatic rings. The molecule has 0 aliphatic rings. The van der Waals surface area contributed by atoms with Gasteiger partial charge in [-0.25, -0.2) is 9.50 Å². The van der Waals surface area contributed by atoms with Gasteiger partial charge < -0.3 is 15.0 Å². The summed E-state index contributed by atoms with van der Waals surface area (Å²) in [6.07, 6.45) is 0.844. The Kier molecular flexibility index (Phi) is 7.92. The van der Waals surface area contributed by atoms with Gasteiger partial charge in [-0.1, -0.05) is 11.6 Å². The van der Waals surface area contributed by atoms with Gasteiger partial charge in [0.1, 0.15) is 5.75 Å². The van der Waals surface area contributed by atoms with E-state index in [0.717, 1.165) is 28.3 Å². The van der Waals surface area contributed by atoms with Crippen LogP contribution in [-0.4, -0.2) is 51.0 Å². The van der Waals surface area contributed by atoms with Crippen LogP contribution in [0.3, 0.4) is 0 Å². The summed E-state index contributed by atoms with van der Waals surface area (Å²) in [5.74, 6) is 0.166. The van der Waals surface area contributed by atoms with Gasteiger partial charge in [-0.3, -0.25) is 9.59 Å². The number of carbonyl (C=O) groups excluding carboxylic acids is 2. The van der Waals surface area contributed by atoms with E-state index in [9.17, 15) is 9.59 Å². The van der Waals surface area contributed by atoms with Gasteiger partial charge in [0.25, 0.3) is 5.91 Å². The third kappa shape index (κ3) is 5.82. The number of hydrogen-bond acceptors (Lipinski definition) is 5. The third-order valence-electron chi connectivity index (χ3n) is 5.57. The molecule has 3 rings (SSSR count). The summed E-state index contributed by atoms with van der Waals surface area (Å²) in [6.45, 7) is 10.9. The number of amides is 2. The lowest BCUT2D eigenvalue weighted by molar-refractivity contribution is -0.133. The molecule has 2 aromatic heterocycles. The van der Waals surface area contributed by atoms with Crippen LogP contribution in [0.4, 0.5) is 5.69 Å². The molecule has 0 saturated heterocycles. The summed E-state index contributed by atoms with van der Waals surface area (Å²) in [7, 11) is 0. The van der Waals surface area contributed by atoms with E-state index in [1.54, 1.807) is 23.1 Å². The summed E-state index contributed by atoms with van der Waals surface area (Å²) in [6, 6.07) is 6.91. The zero-order chi connectivity index (χ0) is 24.1. The lowest BCUT2D eigenvalue weighted by atomic mass is 10.1. The number of aromatic nitrogens is 3. The van der Waals surface area contributed by atoms with Crippen LogP contribution in [0.2, 0.25) is 5.02 Å². The minimum atomic E-state index is -0.132. The summed E-state index contributed by atoms with van der Waals surface area (Å²) in [5.41, 5.74) is 5.18. The molecule has 176 valence electrons. The number of fused-ring (bicyclic) bond motifs is 1. The highest BCUT2D eigenvalue weighted by Crippen LogP contribution is 2.28. The van der Waals surface area contributed by atoms with Gasteiger partial charge in [0.05, 0.1) is 10.7 Å². The van der Waals surface area contributed by atoms with Gasteiger partial charge in [-0.05, 0) is 64.8 Å². The highest BCUT2D eigenvalue weighted by molar-refractivity contribution is 6.32. The molecular formula is C24H30ClN5O3. The Labute approximate surface area is 198 Å². The zero-order valence-electron chi connectivity index (χ0n) is 19.7. The topological polar surface area (TPSA) is 88.8 Å².